The van der Waals surface area contributed by atoms with Crippen LogP contribution in [0.5, 0.6) is 0 Å². The van der Waals surface area contributed by atoms with Crippen molar-refractivity contribution in [2.45, 2.75) is 0 Å². The molecule has 0 unspecified atom stereocenters. The molecule has 0 radical (unpaired) electrons. The number of fused-ring (bicyclic) bond motifs is 1. The second-order valence-electron chi connectivity index (χ2n) is 4.67. The number of halogens is 2. The van der Waals surface area contributed by atoms with Gasteiger partial charge in [-0.2, -0.15) is 5.10 Å². The predicted octanol–water partition coefficient (Wildman–Crippen LogP) is 2.93. The first-order chi connectivity index (χ1) is 11.0. The van der Waals surface area contributed by atoms with Gasteiger partial charge in [-0.1, -0.05) is 17.7 Å². The SMILES string of the molecule is O=C(Nc1ccc(Cl)c(F)c1)C(=O)Nc1cccc2[nH]ncc12. The Morgan fingerprint density at radius 2 is 1.91 bits per heavy atom. The van der Waals surface area contributed by atoms with Crippen LogP contribution in [0.3, 0.4) is 0 Å². The van der Waals surface area contributed by atoms with Crippen molar-refractivity contribution in [1.82, 2.24) is 10.2 Å². The Hall–Kier alpha value is -2.93. The molecule has 6 nitrogen and oxygen atoms in total. The number of hydrogen-bond acceptors (Lipinski definition) is 3. The number of anilines is 2. The summed E-state index contributed by atoms with van der Waals surface area (Å²) in [5, 5.41) is 12.0. The second-order valence-corrected chi connectivity index (χ2v) is 5.08. The molecule has 0 spiro atoms. The number of aromatic nitrogens is 2. The van der Waals surface area contributed by atoms with Crippen molar-refractivity contribution in [1.29, 1.82) is 0 Å². The summed E-state index contributed by atoms with van der Waals surface area (Å²) in [5.41, 5.74) is 1.30. The normalized spacial score (nSPS) is 10.5. The van der Waals surface area contributed by atoms with Crippen molar-refractivity contribution in [3.8, 4) is 0 Å². The molecule has 116 valence electrons. The van der Waals surface area contributed by atoms with E-state index in [1.165, 1.54) is 18.3 Å². The number of benzene rings is 2. The highest BCUT2D eigenvalue weighted by Crippen LogP contribution is 2.21. The molecule has 2 aromatic carbocycles. The smallest absolute Gasteiger partial charge is 0.314 e. The molecule has 3 rings (SSSR count). The zero-order valence-electron chi connectivity index (χ0n) is 11.6. The molecule has 0 aliphatic carbocycles. The van der Waals surface area contributed by atoms with E-state index < -0.39 is 17.6 Å². The largest absolute Gasteiger partial charge is 0.318 e. The molecule has 8 heteroatoms. The molecule has 0 fully saturated rings. The van der Waals surface area contributed by atoms with E-state index in [1.54, 1.807) is 18.2 Å². The number of carbonyl (C=O) groups excluding carboxylic acids is 2. The van der Waals surface area contributed by atoms with Crippen LogP contribution >= 0.6 is 11.6 Å². The second kappa shape index (κ2) is 6.05. The number of nitrogens with zero attached hydrogens (tertiary/aromatic N) is 1. The maximum atomic E-state index is 13.3. The summed E-state index contributed by atoms with van der Waals surface area (Å²) in [6.07, 6.45) is 1.54. The van der Waals surface area contributed by atoms with Gasteiger partial charge in [-0.25, -0.2) is 4.39 Å². The zero-order valence-corrected chi connectivity index (χ0v) is 12.3. The van der Waals surface area contributed by atoms with Crippen LogP contribution in [-0.4, -0.2) is 22.0 Å². The Labute approximate surface area is 134 Å². The fourth-order valence-corrected chi connectivity index (χ4v) is 2.14. The van der Waals surface area contributed by atoms with Gasteiger partial charge in [0.25, 0.3) is 0 Å². The molecular formula is C15H10ClFN4O2. The number of H-pyrrole nitrogens is 1. The highest BCUT2D eigenvalue weighted by molar-refractivity contribution is 6.44. The van der Waals surface area contributed by atoms with Gasteiger partial charge in [0, 0.05) is 11.1 Å². The Kier molecular flexibility index (Phi) is 3.94. The standard InChI is InChI=1S/C15H10ClFN4O2/c16-10-5-4-8(6-11(10)17)19-14(22)15(23)20-12-2-1-3-13-9(12)7-18-21-13/h1-7H,(H,18,21)(H,19,22)(H,20,23). The Balaban J connectivity index is 1.74. The van der Waals surface area contributed by atoms with Gasteiger partial charge in [-0.15, -0.1) is 0 Å². The average Bonchev–Trinajstić information content (AvgIpc) is 3.00. The van der Waals surface area contributed by atoms with E-state index >= 15 is 0 Å². The predicted molar refractivity (Wildman–Crippen MR) is 84.8 cm³/mol. The third-order valence-electron chi connectivity index (χ3n) is 3.12. The van der Waals surface area contributed by atoms with Crippen molar-refractivity contribution in [2.24, 2.45) is 0 Å². The van der Waals surface area contributed by atoms with Gasteiger partial charge in [-0.05, 0) is 30.3 Å². The molecule has 0 saturated heterocycles. The summed E-state index contributed by atoms with van der Waals surface area (Å²) < 4.78 is 13.3. The van der Waals surface area contributed by atoms with Crippen molar-refractivity contribution in [3.05, 3.63) is 53.4 Å². The number of hydrogen-bond donors (Lipinski definition) is 3. The molecule has 3 aromatic rings. The van der Waals surface area contributed by atoms with Crippen LogP contribution in [-0.2, 0) is 9.59 Å². The summed E-state index contributed by atoms with van der Waals surface area (Å²) in [4.78, 5) is 23.8. The van der Waals surface area contributed by atoms with Crippen LogP contribution in [0.25, 0.3) is 10.9 Å². The first-order valence-corrected chi connectivity index (χ1v) is 6.92. The molecule has 0 aliphatic rings. The van der Waals surface area contributed by atoms with Gasteiger partial charge in [0.1, 0.15) is 5.82 Å². The lowest BCUT2D eigenvalue weighted by Crippen LogP contribution is -2.29. The number of amides is 2. The molecule has 2 amide bonds. The maximum absolute atomic E-state index is 13.3. The van der Waals surface area contributed by atoms with Gasteiger partial charge in [0.2, 0.25) is 0 Å². The van der Waals surface area contributed by atoms with E-state index in [1.807, 2.05) is 0 Å². The van der Waals surface area contributed by atoms with Gasteiger partial charge < -0.3 is 10.6 Å². The van der Waals surface area contributed by atoms with Gasteiger partial charge in [0.05, 0.1) is 22.4 Å². The monoisotopic (exact) mass is 332 g/mol. The first-order valence-electron chi connectivity index (χ1n) is 6.54. The van der Waals surface area contributed by atoms with Crippen molar-refractivity contribution in [3.63, 3.8) is 0 Å². The van der Waals surface area contributed by atoms with Gasteiger partial charge in [0.15, 0.2) is 0 Å². The summed E-state index contributed by atoms with van der Waals surface area (Å²) in [6.45, 7) is 0. The molecule has 23 heavy (non-hydrogen) atoms. The van der Waals surface area contributed by atoms with Crippen LogP contribution < -0.4 is 10.6 Å². The van der Waals surface area contributed by atoms with Gasteiger partial charge in [-0.3, -0.25) is 14.7 Å². The molecule has 0 bridgehead atoms. The molecule has 0 saturated carbocycles. The molecule has 1 aromatic heterocycles. The van der Waals surface area contributed by atoms with E-state index in [2.05, 4.69) is 20.8 Å². The number of carbonyl (C=O) groups is 2. The maximum Gasteiger partial charge on any atom is 0.314 e. The number of rotatable bonds is 2. The zero-order chi connectivity index (χ0) is 16.4. The fourth-order valence-electron chi connectivity index (χ4n) is 2.02. The summed E-state index contributed by atoms with van der Waals surface area (Å²) in [5.74, 6) is -2.49. The molecule has 3 N–H and O–H groups in total. The fraction of sp³-hybridized carbons (Fsp3) is 0. The lowest BCUT2D eigenvalue weighted by Gasteiger charge is -2.07. The van der Waals surface area contributed by atoms with Crippen LogP contribution in [0, 0.1) is 5.82 Å². The third-order valence-corrected chi connectivity index (χ3v) is 3.42. The minimum Gasteiger partial charge on any atom is -0.318 e. The summed E-state index contributed by atoms with van der Waals surface area (Å²) >= 11 is 5.56. The highest BCUT2D eigenvalue weighted by atomic mass is 35.5. The Bertz CT molecular complexity index is 909. The highest BCUT2D eigenvalue weighted by Gasteiger charge is 2.16. The average molecular weight is 333 g/mol. The lowest BCUT2D eigenvalue weighted by atomic mass is 10.2. The minimum absolute atomic E-state index is 0.0703. The van der Waals surface area contributed by atoms with Crippen molar-refractivity contribution >= 4 is 45.7 Å². The van der Waals surface area contributed by atoms with Crippen molar-refractivity contribution < 1.29 is 14.0 Å². The van der Waals surface area contributed by atoms with Crippen LogP contribution in [0.2, 0.25) is 5.02 Å². The summed E-state index contributed by atoms with van der Waals surface area (Å²) in [7, 11) is 0. The first kappa shape index (κ1) is 15.0. The molecule has 0 atom stereocenters. The van der Waals surface area contributed by atoms with Crippen LogP contribution in [0.15, 0.2) is 42.6 Å². The van der Waals surface area contributed by atoms with Crippen molar-refractivity contribution in [2.75, 3.05) is 10.6 Å². The van der Waals surface area contributed by atoms with Gasteiger partial charge >= 0.3 is 11.8 Å². The minimum atomic E-state index is -0.924. The van der Waals surface area contributed by atoms with E-state index in [0.717, 1.165) is 11.6 Å². The van der Waals surface area contributed by atoms with Crippen LogP contribution in [0.4, 0.5) is 15.8 Å². The number of aromatic amines is 1. The van der Waals surface area contributed by atoms with E-state index in [0.29, 0.717) is 11.1 Å². The molecule has 1 heterocycles. The summed E-state index contributed by atoms with van der Waals surface area (Å²) in [6, 6.07) is 8.86. The van der Waals surface area contributed by atoms with E-state index in [-0.39, 0.29) is 10.7 Å². The number of nitrogens with one attached hydrogen (secondary N) is 3. The Morgan fingerprint density at radius 3 is 2.70 bits per heavy atom. The van der Waals surface area contributed by atoms with Crippen LogP contribution in [0.1, 0.15) is 0 Å². The van der Waals surface area contributed by atoms with E-state index in [9.17, 15) is 14.0 Å². The Morgan fingerprint density at radius 1 is 1.13 bits per heavy atom. The molecule has 0 aliphatic heterocycles. The molecular weight excluding hydrogens is 323 g/mol. The third kappa shape index (κ3) is 3.14. The lowest BCUT2D eigenvalue weighted by molar-refractivity contribution is -0.132. The quantitative estimate of drug-likeness (QED) is 0.630. The van der Waals surface area contributed by atoms with E-state index in [4.69, 9.17) is 11.6 Å². The topological polar surface area (TPSA) is 86.9 Å².